The van der Waals surface area contributed by atoms with Crippen molar-refractivity contribution in [2.24, 2.45) is 7.05 Å². The minimum absolute atomic E-state index is 0.228. The van der Waals surface area contributed by atoms with Crippen molar-refractivity contribution in [1.29, 1.82) is 0 Å². The van der Waals surface area contributed by atoms with Crippen LogP contribution >= 0.6 is 0 Å². The van der Waals surface area contributed by atoms with E-state index in [2.05, 4.69) is 48.0 Å². The molecule has 0 spiro atoms. The third kappa shape index (κ3) is 2.78. The van der Waals surface area contributed by atoms with E-state index < -0.39 is 28.7 Å². The number of nitrogens with zero attached hydrogens (tertiary/aromatic N) is 2. The number of para-hydroxylation sites is 2. The quantitative estimate of drug-likeness (QED) is 0.135. The van der Waals surface area contributed by atoms with Crippen LogP contribution in [-0.2, 0) is 7.05 Å². The fraction of sp³-hybridized carbons (Fsp3) is 0.0323. The number of aromatic nitrogens is 2. The first kappa shape index (κ1) is 21.9. The number of rotatable bonds is 2. The van der Waals surface area contributed by atoms with Crippen LogP contribution < -0.4 is 0 Å². The number of hydrogen-bond acceptors (Lipinski definition) is 5. The minimum atomic E-state index is -0.990. The minimum Gasteiger partial charge on any atom is -0.503 e. The Morgan fingerprint density at radius 2 is 0.868 bits per heavy atom. The van der Waals surface area contributed by atoms with Gasteiger partial charge in [0, 0.05) is 39.6 Å². The molecule has 7 heteroatoms. The molecule has 186 valence electrons. The van der Waals surface area contributed by atoms with Crippen molar-refractivity contribution in [3.63, 3.8) is 0 Å². The Hall–Kier alpha value is -5.30. The summed E-state index contributed by atoms with van der Waals surface area (Å²) in [5.41, 5.74) is 5.38. The van der Waals surface area contributed by atoms with Gasteiger partial charge in [-0.1, -0.05) is 48.5 Å². The van der Waals surface area contributed by atoms with Gasteiger partial charge in [-0.05, 0) is 47.5 Å². The van der Waals surface area contributed by atoms with Gasteiger partial charge in [-0.2, -0.15) is 0 Å². The molecule has 7 nitrogen and oxygen atoms in total. The molecule has 0 aliphatic carbocycles. The molecule has 0 radical (unpaired) electrons. The van der Waals surface area contributed by atoms with Gasteiger partial charge in [0.05, 0.1) is 11.0 Å². The van der Waals surface area contributed by atoms with Gasteiger partial charge < -0.3 is 34.7 Å². The summed E-state index contributed by atoms with van der Waals surface area (Å²) >= 11 is 0. The summed E-state index contributed by atoms with van der Waals surface area (Å²) in [7, 11) is 2.06. The van der Waals surface area contributed by atoms with Crippen molar-refractivity contribution < 1.29 is 25.5 Å². The monoisotopic (exact) mass is 502 g/mol. The topological polar surface area (TPSA) is 111 Å². The number of aromatic hydroxyl groups is 5. The largest absolute Gasteiger partial charge is 0.503 e. The van der Waals surface area contributed by atoms with Gasteiger partial charge in [0.15, 0.2) is 11.5 Å². The lowest BCUT2D eigenvalue weighted by atomic mass is 10.0. The van der Waals surface area contributed by atoms with Crippen molar-refractivity contribution in [3.8, 4) is 45.6 Å². The zero-order valence-corrected chi connectivity index (χ0v) is 20.2. The molecule has 0 atom stereocenters. The summed E-state index contributed by atoms with van der Waals surface area (Å²) in [4.78, 5) is 0. The molecule has 0 fully saturated rings. The van der Waals surface area contributed by atoms with Crippen LogP contribution in [0.4, 0.5) is 0 Å². The summed E-state index contributed by atoms with van der Waals surface area (Å²) < 4.78 is 3.75. The maximum atomic E-state index is 10.7. The molecule has 7 rings (SSSR count). The van der Waals surface area contributed by atoms with E-state index in [9.17, 15) is 25.5 Å². The average molecular weight is 503 g/mol. The fourth-order valence-electron chi connectivity index (χ4n) is 5.63. The second-order valence-electron chi connectivity index (χ2n) is 9.48. The molecule has 7 aromatic rings. The van der Waals surface area contributed by atoms with Crippen LogP contribution in [0.2, 0.25) is 0 Å². The SMILES string of the molecule is Cn1c2ccccc2c2cc(-c3ccc4c(c3)c3ccccc3n4-c3c(O)c(O)c(O)c(O)c3O)ccc21. The summed E-state index contributed by atoms with van der Waals surface area (Å²) in [5, 5.41) is 55.7. The van der Waals surface area contributed by atoms with Crippen LogP contribution in [0, 0.1) is 0 Å². The zero-order valence-electron chi connectivity index (χ0n) is 20.2. The first-order chi connectivity index (χ1) is 18.4. The van der Waals surface area contributed by atoms with Crippen molar-refractivity contribution in [1.82, 2.24) is 9.13 Å². The normalized spacial score (nSPS) is 11.8. The predicted octanol–water partition coefficient (Wildman–Crippen LogP) is 6.62. The average Bonchev–Trinajstić information content (AvgIpc) is 3.43. The molecule has 5 aromatic carbocycles. The predicted molar refractivity (Wildman–Crippen MR) is 149 cm³/mol. The molecule has 0 saturated heterocycles. The van der Waals surface area contributed by atoms with Crippen molar-refractivity contribution >= 4 is 43.6 Å². The fourth-order valence-corrected chi connectivity index (χ4v) is 5.63. The molecule has 2 aromatic heterocycles. The lowest BCUT2D eigenvalue weighted by molar-refractivity contribution is 0.327. The molecule has 5 N–H and O–H groups in total. The van der Waals surface area contributed by atoms with Gasteiger partial charge in [0.2, 0.25) is 17.2 Å². The Balaban J connectivity index is 1.51. The molecule has 0 saturated carbocycles. The summed E-state index contributed by atoms with van der Waals surface area (Å²) in [6, 6.07) is 28.1. The van der Waals surface area contributed by atoms with E-state index >= 15 is 0 Å². The lowest BCUT2D eigenvalue weighted by Gasteiger charge is -2.15. The Kier molecular flexibility index (Phi) is 4.39. The van der Waals surface area contributed by atoms with E-state index in [4.69, 9.17) is 0 Å². The zero-order chi connectivity index (χ0) is 26.3. The Labute approximate surface area is 215 Å². The highest BCUT2D eigenvalue weighted by Gasteiger charge is 2.27. The van der Waals surface area contributed by atoms with Gasteiger partial charge in [0.25, 0.3) is 0 Å². The Morgan fingerprint density at radius 1 is 0.447 bits per heavy atom. The van der Waals surface area contributed by atoms with E-state index in [-0.39, 0.29) is 5.69 Å². The van der Waals surface area contributed by atoms with E-state index in [1.54, 1.807) is 4.57 Å². The molecule has 2 heterocycles. The van der Waals surface area contributed by atoms with E-state index in [1.165, 1.54) is 5.39 Å². The molecule has 0 unspecified atom stereocenters. The number of fused-ring (bicyclic) bond motifs is 6. The summed E-state index contributed by atoms with van der Waals surface area (Å²) in [5.74, 6) is -4.31. The van der Waals surface area contributed by atoms with Gasteiger partial charge in [-0.25, -0.2) is 0 Å². The number of aryl methyl sites for hydroxylation is 1. The van der Waals surface area contributed by atoms with E-state index in [1.807, 2.05) is 48.5 Å². The van der Waals surface area contributed by atoms with Crippen LogP contribution in [0.5, 0.6) is 28.7 Å². The second-order valence-corrected chi connectivity index (χ2v) is 9.48. The summed E-state index contributed by atoms with van der Waals surface area (Å²) in [6.07, 6.45) is 0. The molecule has 0 aliphatic rings. The van der Waals surface area contributed by atoms with E-state index in [0.29, 0.717) is 11.0 Å². The van der Waals surface area contributed by atoms with Crippen molar-refractivity contribution in [2.75, 3.05) is 0 Å². The van der Waals surface area contributed by atoms with Crippen LogP contribution in [0.1, 0.15) is 0 Å². The highest BCUT2D eigenvalue weighted by molar-refractivity contribution is 6.12. The summed E-state index contributed by atoms with van der Waals surface area (Å²) in [6.45, 7) is 0. The van der Waals surface area contributed by atoms with Gasteiger partial charge in [0.1, 0.15) is 5.69 Å². The third-order valence-electron chi connectivity index (χ3n) is 7.49. The number of phenolic OH excluding ortho intramolecular Hbond substituents is 5. The van der Waals surface area contributed by atoms with Gasteiger partial charge in [-0.3, -0.25) is 0 Å². The lowest BCUT2D eigenvalue weighted by Crippen LogP contribution is -1.96. The van der Waals surface area contributed by atoms with Crippen LogP contribution in [0.3, 0.4) is 0 Å². The van der Waals surface area contributed by atoms with Gasteiger partial charge in [-0.15, -0.1) is 0 Å². The first-order valence-corrected chi connectivity index (χ1v) is 12.1. The van der Waals surface area contributed by atoms with Crippen molar-refractivity contribution in [3.05, 3.63) is 84.9 Å². The van der Waals surface area contributed by atoms with Gasteiger partial charge >= 0.3 is 0 Å². The third-order valence-corrected chi connectivity index (χ3v) is 7.49. The van der Waals surface area contributed by atoms with Crippen molar-refractivity contribution in [2.45, 2.75) is 0 Å². The van der Waals surface area contributed by atoms with Crippen LogP contribution in [-0.4, -0.2) is 34.7 Å². The second kappa shape index (κ2) is 7.60. The maximum Gasteiger partial charge on any atom is 0.208 e. The number of phenols is 5. The molecule has 0 aliphatic heterocycles. The Morgan fingerprint density at radius 3 is 1.50 bits per heavy atom. The van der Waals surface area contributed by atoms with E-state index in [0.717, 1.165) is 38.3 Å². The first-order valence-electron chi connectivity index (χ1n) is 12.1. The highest BCUT2D eigenvalue weighted by Crippen LogP contribution is 2.54. The molecule has 0 bridgehead atoms. The molecular weight excluding hydrogens is 480 g/mol. The highest BCUT2D eigenvalue weighted by atomic mass is 16.4. The standard InChI is InChI=1S/C31H22N2O5/c1-32-22-8-4-2-6-18(22)20-14-16(10-12-23(20)32)17-11-13-25-21(15-17)19-7-3-5-9-24(19)33(25)26-27(34)29(36)31(38)30(37)28(26)35/h2-15,34-38H,1H3. The number of benzene rings is 5. The maximum absolute atomic E-state index is 10.7. The van der Waals surface area contributed by atoms with Crippen LogP contribution in [0.15, 0.2) is 84.9 Å². The number of hydrogen-bond donors (Lipinski definition) is 5. The molecular formula is C31H22N2O5. The van der Waals surface area contributed by atoms with Crippen LogP contribution in [0.25, 0.3) is 60.4 Å². The Bertz CT molecular complexity index is 2070. The smallest absolute Gasteiger partial charge is 0.208 e. The molecule has 38 heavy (non-hydrogen) atoms. The molecule has 0 amide bonds.